The SMILES string of the molecule is CNC(=O)c1cc(Oc2ccc3c(c2)nc(Nc2ccc(C(=O)NCCC4CCCN4C)cc2)n3C)ccn1. The third kappa shape index (κ3) is 6.01. The normalized spacial score (nSPS) is 15.3. The Labute approximate surface area is 227 Å². The van der Waals surface area contributed by atoms with Crippen LogP contribution in [0, 0.1) is 0 Å². The van der Waals surface area contributed by atoms with Crippen molar-refractivity contribution in [3.8, 4) is 11.5 Å². The highest BCUT2D eigenvalue weighted by Gasteiger charge is 2.20. The summed E-state index contributed by atoms with van der Waals surface area (Å²) in [6, 6.07) is 16.9. The molecule has 0 spiro atoms. The van der Waals surface area contributed by atoms with Crippen LogP contribution in [-0.2, 0) is 7.05 Å². The lowest BCUT2D eigenvalue weighted by molar-refractivity contribution is 0.0945. The summed E-state index contributed by atoms with van der Waals surface area (Å²) in [5.41, 5.74) is 3.41. The van der Waals surface area contributed by atoms with Crippen LogP contribution >= 0.6 is 0 Å². The minimum Gasteiger partial charge on any atom is -0.457 e. The number of benzene rings is 2. The first-order chi connectivity index (χ1) is 18.9. The fraction of sp³-hybridized carbons (Fsp3) is 0.310. The number of imidazole rings is 1. The van der Waals surface area contributed by atoms with Gasteiger partial charge in [-0.2, -0.15) is 0 Å². The van der Waals surface area contributed by atoms with Crippen molar-refractivity contribution in [3.05, 3.63) is 72.1 Å². The standard InChI is InChI=1S/C29H33N7O3/c1-30-28(38)25-18-23(13-15-31-25)39-22-10-11-26-24(17-22)34-29(36(26)3)33-20-8-6-19(7-9-20)27(37)32-14-12-21-5-4-16-35(21)2/h6-11,13,15,17-18,21H,4-5,12,14,16H2,1-3H3,(H,30,38)(H,32,37)(H,33,34). The number of hydrogen-bond acceptors (Lipinski definition) is 7. The Balaban J connectivity index is 1.22. The molecule has 3 N–H and O–H groups in total. The summed E-state index contributed by atoms with van der Waals surface area (Å²) in [5.74, 6) is 1.42. The number of anilines is 2. The molecule has 1 fully saturated rings. The van der Waals surface area contributed by atoms with Gasteiger partial charge in [-0.05, 0) is 75.3 Å². The number of aromatic nitrogens is 3. The zero-order chi connectivity index (χ0) is 27.4. The number of pyridine rings is 1. The number of likely N-dealkylation sites (tertiary alicyclic amines) is 1. The molecule has 1 unspecified atom stereocenters. The Morgan fingerprint density at radius 2 is 1.82 bits per heavy atom. The second-order valence-corrected chi connectivity index (χ2v) is 9.73. The topological polar surface area (TPSA) is 113 Å². The molecule has 10 heteroatoms. The average Bonchev–Trinajstić information content (AvgIpc) is 3.50. The molecule has 1 aliphatic rings. The Kier molecular flexibility index (Phi) is 7.74. The van der Waals surface area contributed by atoms with E-state index in [9.17, 15) is 9.59 Å². The Morgan fingerprint density at radius 3 is 2.56 bits per heavy atom. The average molecular weight is 528 g/mol. The maximum absolute atomic E-state index is 12.6. The van der Waals surface area contributed by atoms with Crippen LogP contribution in [0.4, 0.5) is 11.6 Å². The summed E-state index contributed by atoms with van der Waals surface area (Å²) >= 11 is 0. The van der Waals surface area contributed by atoms with Gasteiger partial charge in [-0.1, -0.05) is 0 Å². The van der Waals surface area contributed by atoms with E-state index in [1.807, 2.05) is 54.1 Å². The fourth-order valence-electron chi connectivity index (χ4n) is 4.85. The van der Waals surface area contributed by atoms with Crippen LogP contribution in [0.5, 0.6) is 11.5 Å². The summed E-state index contributed by atoms with van der Waals surface area (Å²) in [7, 11) is 5.64. The minimum absolute atomic E-state index is 0.0610. The maximum atomic E-state index is 12.6. The minimum atomic E-state index is -0.280. The molecule has 1 aliphatic heterocycles. The van der Waals surface area contributed by atoms with Gasteiger partial charge in [-0.3, -0.25) is 14.6 Å². The van der Waals surface area contributed by atoms with Crippen LogP contribution in [0.25, 0.3) is 11.0 Å². The van der Waals surface area contributed by atoms with Gasteiger partial charge in [0.05, 0.1) is 11.0 Å². The molecule has 0 radical (unpaired) electrons. The first-order valence-electron chi connectivity index (χ1n) is 13.1. The number of nitrogens with zero attached hydrogens (tertiary/aromatic N) is 4. The zero-order valence-corrected chi connectivity index (χ0v) is 22.4. The molecule has 3 heterocycles. The highest BCUT2D eigenvalue weighted by molar-refractivity contribution is 5.94. The summed E-state index contributed by atoms with van der Waals surface area (Å²) in [6.07, 6.45) is 4.94. The van der Waals surface area contributed by atoms with Crippen molar-refractivity contribution < 1.29 is 14.3 Å². The Hall–Kier alpha value is -4.44. The number of ether oxygens (including phenoxy) is 1. The molecule has 2 amide bonds. The number of hydrogen-bond donors (Lipinski definition) is 3. The van der Waals surface area contributed by atoms with Gasteiger partial charge in [0, 0.05) is 56.3 Å². The molecule has 0 bridgehead atoms. The van der Waals surface area contributed by atoms with Gasteiger partial charge in [0.1, 0.15) is 17.2 Å². The molecule has 5 rings (SSSR count). The number of fused-ring (bicyclic) bond motifs is 1. The molecule has 202 valence electrons. The molecule has 0 aliphatic carbocycles. The molecule has 0 saturated carbocycles. The van der Waals surface area contributed by atoms with Crippen molar-refractivity contribution in [1.82, 2.24) is 30.1 Å². The Bertz CT molecular complexity index is 1480. The lowest BCUT2D eigenvalue weighted by atomic mass is 10.1. The molecule has 2 aromatic carbocycles. The van der Waals surface area contributed by atoms with Crippen molar-refractivity contribution in [2.75, 3.05) is 32.5 Å². The van der Waals surface area contributed by atoms with Crippen molar-refractivity contribution in [3.63, 3.8) is 0 Å². The molecule has 10 nitrogen and oxygen atoms in total. The largest absolute Gasteiger partial charge is 0.457 e. The predicted octanol–water partition coefficient (Wildman–Crippen LogP) is 4.08. The summed E-state index contributed by atoms with van der Waals surface area (Å²) in [5, 5.41) is 8.92. The van der Waals surface area contributed by atoms with Crippen LogP contribution < -0.4 is 20.7 Å². The van der Waals surface area contributed by atoms with Crippen molar-refractivity contribution >= 4 is 34.5 Å². The van der Waals surface area contributed by atoms with Crippen LogP contribution in [0.1, 0.15) is 40.1 Å². The monoisotopic (exact) mass is 527 g/mol. The fourth-order valence-corrected chi connectivity index (χ4v) is 4.85. The number of rotatable bonds is 9. The maximum Gasteiger partial charge on any atom is 0.269 e. The van der Waals surface area contributed by atoms with E-state index in [0.29, 0.717) is 35.6 Å². The van der Waals surface area contributed by atoms with E-state index in [4.69, 9.17) is 9.72 Å². The molecular weight excluding hydrogens is 494 g/mol. The highest BCUT2D eigenvalue weighted by Crippen LogP contribution is 2.28. The zero-order valence-electron chi connectivity index (χ0n) is 22.4. The van der Waals surface area contributed by atoms with Gasteiger partial charge < -0.3 is 30.2 Å². The van der Waals surface area contributed by atoms with E-state index in [2.05, 4.69) is 32.9 Å². The quantitative estimate of drug-likeness (QED) is 0.301. The third-order valence-corrected chi connectivity index (χ3v) is 7.12. The van der Waals surface area contributed by atoms with E-state index in [1.165, 1.54) is 19.0 Å². The number of amides is 2. The smallest absolute Gasteiger partial charge is 0.269 e. The van der Waals surface area contributed by atoms with Crippen LogP contribution in [0.3, 0.4) is 0 Å². The van der Waals surface area contributed by atoms with Crippen LogP contribution in [0.15, 0.2) is 60.8 Å². The van der Waals surface area contributed by atoms with E-state index in [-0.39, 0.29) is 17.5 Å². The molecule has 1 atom stereocenters. The van der Waals surface area contributed by atoms with Gasteiger partial charge in [-0.15, -0.1) is 0 Å². The second kappa shape index (κ2) is 11.5. The third-order valence-electron chi connectivity index (χ3n) is 7.12. The predicted molar refractivity (Wildman–Crippen MR) is 151 cm³/mol. The van der Waals surface area contributed by atoms with Crippen LogP contribution in [-0.4, -0.2) is 64.5 Å². The second-order valence-electron chi connectivity index (χ2n) is 9.73. The number of carbonyl (C=O) groups excluding carboxylic acids is 2. The number of carbonyl (C=O) groups is 2. The van der Waals surface area contributed by atoms with E-state index >= 15 is 0 Å². The number of nitrogens with one attached hydrogen (secondary N) is 3. The highest BCUT2D eigenvalue weighted by atomic mass is 16.5. The molecule has 4 aromatic rings. The van der Waals surface area contributed by atoms with Gasteiger partial charge >= 0.3 is 0 Å². The van der Waals surface area contributed by atoms with E-state index in [0.717, 1.165) is 29.7 Å². The van der Waals surface area contributed by atoms with Crippen molar-refractivity contribution in [2.24, 2.45) is 7.05 Å². The van der Waals surface area contributed by atoms with Crippen molar-refractivity contribution in [1.29, 1.82) is 0 Å². The lowest BCUT2D eigenvalue weighted by Gasteiger charge is -2.19. The van der Waals surface area contributed by atoms with Gasteiger partial charge in [0.15, 0.2) is 0 Å². The number of aryl methyl sites for hydroxylation is 1. The molecular formula is C29H33N7O3. The van der Waals surface area contributed by atoms with Gasteiger partial charge in [0.2, 0.25) is 5.95 Å². The molecule has 39 heavy (non-hydrogen) atoms. The van der Waals surface area contributed by atoms with E-state index < -0.39 is 0 Å². The van der Waals surface area contributed by atoms with Crippen LogP contribution in [0.2, 0.25) is 0 Å². The summed E-state index contributed by atoms with van der Waals surface area (Å²) < 4.78 is 7.91. The first kappa shape index (κ1) is 26.2. The summed E-state index contributed by atoms with van der Waals surface area (Å²) in [4.78, 5) is 35.6. The van der Waals surface area contributed by atoms with Gasteiger partial charge in [0.25, 0.3) is 11.8 Å². The van der Waals surface area contributed by atoms with Gasteiger partial charge in [-0.25, -0.2) is 4.98 Å². The first-order valence-corrected chi connectivity index (χ1v) is 13.1. The molecule has 1 saturated heterocycles. The molecule has 2 aromatic heterocycles. The Morgan fingerprint density at radius 1 is 1.03 bits per heavy atom. The summed E-state index contributed by atoms with van der Waals surface area (Å²) in [6.45, 7) is 1.82. The van der Waals surface area contributed by atoms with Crippen molar-refractivity contribution in [2.45, 2.75) is 25.3 Å². The lowest BCUT2D eigenvalue weighted by Crippen LogP contribution is -2.31. The van der Waals surface area contributed by atoms with E-state index in [1.54, 1.807) is 19.2 Å².